The van der Waals surface area contributed by atoms with Crippen LogP contribution in [0, 0.1) is 30.6 Å². The lowest BCUT2D eigenvalue weighted by Crippen LogP contribution is -2.23. The number of ether oxygens (including phenoxy) is 1. The van der Waals surface area contributed by atoms with Crippen LogP contribution in [-0.2, 0) is 4.79 Å². The molecule has 1 N–H and O–H groups in total. The van der Waals surface area contributed by atoms with Gasteiger partial charge in [0.05, 0.1) is 12.5 Å². The van der Waals surface area contributed by atoms with E-state index in [0.29, 0.717) is 17.3 Å². The Kier molecular flexibility index (Phi) is 9.54. The lowest BCUT2D eigenvalue weighted by atomic mass is 9.96. The number of hydrogen-bond donors (Lipinski definition) is 1. The molecule has 0 aliphatic heterocycles. The summed E-state index contributed by atoms with van der Waals surface area (Å²) in [7, 11) is 0. The van der Waals surface area contributed by atoms with Crippen molar-refractivity contribution in [1.29, 1.82) is 0 Å². The van der Waals surface area contributed by atoms with E-state index < -0.39 is 12.1 Å². The molecule has 0 fully saturated rings. The third kappa shape index (κ3) is 8.14. The summed E-state index contributed by atoms with van der Waals surface area (Å²) in [6.45, 7) is 3.44. The molecule has 2 heterocycles. The molecule has 5 nitrogen and oxygen atoms in total. The van der Waals surface area contributed by atoms with Gasteiger partial charge in [0.25, 0.3) is 0 Å². The van der Waals surface area contributed by atoms with Gasteiger partial charge in [-0.25, -0.2) is 4.79 Å². The van der Waals surface area contributed by atoms with Gasteiger partial charge in [0.2, 0.25) is 0 Å². The van der Waals surface area contributed by atoms with Crippen molar-refractivity contribution in [2.75, 3.05) is 5.75 Å². The zero-order valence-electron chi connectivity index (χ0n) is 23.7. The topological polar surface area (TPSA) is 72.8 Å². The molecule has 0 spiro atoms. The van der Waals surface area contributed by atoms with Crippen LogP contribution in [0.5, 0.6) is 5.75 Å². The predicted molar refractivity (Wildman–Crippen MR) is 169 cm³/mol. The van der Waals surface area contributed by atoms with Crippen molar-refractivity contribution in [3.8, 4) is 29.4 Å². The van der Waals surface area contributed by atoms with Crippen molar-refractivity contribution in [2.45, 2.75) is 24.8 Å². The van der Waals surface area contributed by atoms with E-state index in [9.17, 15) is 4.79 Å². The van der Waals surface area contributed by atoms with Gasteiger partial charge in [-0.05, 0) is 115 Å². The van der Waals surface area contributed by atoms with Crippen molar-refractivity contribution >= 4 is 23.3 Å². The minimum absolute atomic E-state index is 0.570. The Balaban J connectivity index is 1.37. The van der Waals surface area contributed by atoms with Gasteiger partial charge in [-0.2, -0.15) is 0 Å². The largest absolute Gasteiger partial charge is 0.479 e. The van der Waals surface area contributed by atoms with Crippen LogP contribution in [-0.4, -0.2) is 22.9 Å². The van der Waals surface area contributed by atoms with E-state index in [4.69, 9.17) is 18.7 Å². The summed E-state index contributed by atoms with van der Waals surface area (Å²) in [6, 6.07) is 29.4. The second-order valence-corrected chi connectivity index (χ2v) is 10.7. The molecule has 212 valence electrons. The Morgan fingerprint density at radius 1 is 0.837 bits per heavy atom. The van der Waals surface area contributed by atoms with Gasteiger partial charge in [0, 0.05) is 21.8 Å². The van der Waals surface area contributed by atoms with Crippen LogP contribution in [0.15, 0.2) is 123 Å². The number of aliphatic carboxylic acids is 1. The second kappa shape index (κ2) is 14.0. The van der Waals surface area contributed by atoms with Crippen LogP contribution < -0.4 is 4.74 Å². The Morgan fingerprint density at radius 3 is 1.86 bits per heavy atom. The molecule has 0 bridgehead atoms. The van der Waals surface area contributed by atoms with Crippen LogP contribution in [0.2, 0.25) is 0 Å². The average molecular weight is 585 g/mol. The van der Waals surface area contributed by atoms with Crippen LogP contribution in [0.3, 0.4) is 0 Å². The van der Waals surface area contributed by atoms with Gasteiger partial charge in [-0.3, -0.25) is 0 Å². The first-order valence-electron chi connectivity index (χ1n) is 13.6. The number of carboxylic acids is 1. The summed E-state index contributed by atoms with van der Waals surface area (Å²) in [5.41, 5.74) is 5.91. The summed E-state index contributed by atoms with van der Waals surface area (Å²) >= 11 is 1.69. The molecule has 0 aliphatic carbocycles. The monoisotopic (exact) mass is 584 g/mol. The van der Waals surface area contributed by atoms with Crippen LogP contribution >= 0.6 is 11.8 Å². The Hall–Kier alpha value is -5.30. The summed E-state index contributed by atoms with van der Waals surface area (Å²) in [5.74, 6) is 13.9. The second-order valence-electron chi connectivity index (χ2n) is 9.56. The highest BCUT2D eigenvalue weighted by molar-refractivity contribution is 7.99. The smallest absolute Gasteiger partial charge is 0.344 e. The lowest BCUT2D eigenvalue weighted by molar-refractivity contribution is -0.144. The summed E-state index contributed by atoms with van der Waals surface area (Å²) < 4.78 is 16.2. The maximum atomic E-state index is 11.2. The van der Waals surface area contributed by atoms with Crippen molar-refractivity contribution in [3.63, 3.8) is 0 Å². The molecule has 0 saturated carbocycles. The number of furan rings is 2. The predicted octanol–water partition coefficient (Wildman–Crippen LogP) is 8.06. The van der Waals surface area contributed by atoms with E-state index in [0.717, 1.165) is 44.0 Å². The van der Waals surface area contributed by atoms with E-state index in [1.807, 2.05) is 73.7 Å². The molecule has 43 heavy (non-hydrogen) atoms. The fourth-order valence-corrected chi connectivity index (χ4v) is 5.01. The molecule has 0 saturated heterocycles. The standard InChI is InChI=1S/C37H28O5S/c1-26-25-34(19-20-36(26)42-27(2)37(38)39)43-24-21-35(30-13-7-28(8-14-30)11-17-32-5-3-22-40-32)31-15-9-29(10-16-31)12-18-33-6-4-23-41-33/h3-10,13-16,19-23,25,27H,24H2,1-2H3,(H,38,39). The first-order valence-corrected chi connectivity index (χ1v) is 14.6. The van der Waals surface area contributed by atoms with Gasteiger partial charge in [0.1, 0.15) is 5.75 Å². The van der Waals surface area contributed by atoms with Crippen molar-refractivity contribution < 1.29 is 23.5 Å². The normalized spacial score (nSPS) is 10.9. The molecule has 1 atom stereocenters. The Labute approximate surface area is 255 Å². The van der Waals surface area contributed by atoms with E-state index in [-0.39, 0.29) is 0 Å². The molecule has 2 aromatic heterocycles. The number of carboxylic acid groups (broad SMARTS) is 1. The Bertz CT molecular complexity index is 1730. The SMILES string of the molecule is Cc1cc(SCC=C(c2ccc(C#Cc3ccco3)cc2)c2ccc(C#Cc3ccco3)cc2)ccc1OC(C)C(=O)O. The van der Waals surface area contributed by atoms with E-state index in [2.05, 4.69) is 54.0 Å². The highest BCUT2D eigenvalue weighted by atomic mass is 32.2. The molecule has 3 aromatic carbocycles. The highest BCUT2D eigenvalue weighted by Gasteiger charge is 2.14. The van der Waals surface area contributed by atoms with Crippen LogP contribution in [0.25, 0.3) is 5.57 Å². The fraction of sp³-hybridized carbons (Fsp3) is 0.108. The molecule has 6 heteroatoms. The van der Waals surface area contributed by atoms with Gasteiger partial charge >= 0.3 is 5.97 Å². The summed E-state index contributed by atoms with van der Waals surface area (Å²) in [5, 5.41) is 9.15. The molecule has 0 aliphatic rings. The maximum absolute atomic E-state index is 11.2. The molecule has 5 aromatic rings. The molecular weight excluding hydrogens is 556 g/mol. The van der Waals surface area contributed by atoms with Crippen molar-refractivity contribution in [1.82, 2.24) is 0 Å². The number of thioether (sulfide) groups is 1. The number of aryl methyl sites for hydroxylation is 1. The van der Waals surface area contributed by atoms with Gasteiger partial charge < -0.3 is 18.7 Å². The minimum atomic E-state index is -0.995. The maximum Gasteiger partial charge on any atom is 0.344 e. The summed E-state index contributed by atoms with van der Waals surface area (Å²) in [6.07, 6.45) is 4.52. The van der Waals surface area contributed by atoms with E-state index >= 15 is 0 Å². The van der Waals surface area contributed by atoms with E-state index in [1.54, 1.807) is 24.3 Å². The minimum Gasteiger partial charge on any atom is -0.479 e. The zero-order chi connectivity index (χ0) is 30.0. The van der Waals surface area contributed by atoms with E-state index in [1.165, 1.54) is 6.92 Å². The third-order valence-corrected chi connectivity index (χ3v) is 7.35. The zero-order valence-corrected chi connectivity index (χ0v) is 24.5. The summed E-state index contributed by atoms with van der Waals surface area (Å²) in [4.78, 5) is 12.2. The number of rotatable bonds is 8. The highest BCUT2D eigenvalue weighted by Crippen LogP contribution is 2.29. The first-order chi connectivity index (χ1) is 20.9. The number of benzene rings is 3. The molecule has 0 amide bonds. The van der Waals surface area contributed by atoms with Crippen molar-refractivity contribution in [2.24, 2.45) is 0 Å². The number of carbonyl (C=O) groups is 1. The van der Waals surface area contributed by atoms with Gasteiger partial charge in [-0.1, -0.05) is 42.2 Å². The van der Waals surface area contributed by atoms with Crippen LogP contribution in [0.4, 0.5) is 0 Å². The fourth-order valence-electron chi connectivity index (χ4n) is 4.14. The molecular formula is C37H28O5S. The average Bonchev–Trinajstić information content (AvgIpc) is 3.74. The van der Waals surface area contributed by atoms with Crippen molar-refractivity contribution in [3.05, 3.63) is 149 Å². The third-order valence-electron chi connectivity index (χ3n) is 6.43. The van der Waals surface area contributed by atoms with Gasteiger partial charge in [-0.15, -0.1) is 11.8 Å². The quantitative estimate of drug-likeness (QED) is 0.147. The lowest BCUT2D eigenvalue weighted by Gasteiger charge is -2.13. The molecule has 5 rings (SSSR count). The molecule has 0 radical (unpaired) electrons. The first kappa shape index (κ1) is 29.2. The van der Waals surface area contributed by atoms with Gasteiger partial charge in [0.15, 0.2) is 17.6 Å². The Morgan fingerprint density at radius 2 is 1.40 bits per heavy atom. The number of hydrogen-bond acceptors (Lipinski definition) is 5. The van der Waals surface area contributed by atoms with Crippen LogP contribution in [0.1, 0.15) is 46.3 Å². The molecule has 1 unspecified atom stereocenters.